The minimum absolute atomic E-state index is 0.0123. The van der Waals surface area contributed by atoms with Crippen molar-refractivity contribution in [2.24, 2.45) is 5.92 Å². The van der Waals surface area contributed by atoms with E-state index in [0.29, 0.717) is 30.7 Å². The molecule has 6 nitrogen and oxygen atoms in total. The summed E-state index contributed by atoms with van der Waals surface area (Å²) < 4.78 is 11.9. The number of halogens is 1. The molecule has 0 saturated carbocycles. The van der Waals surface area contributed by atoms with Crippen LogP contribution in [0.5, 0.6) is 0 Å². The van der Waals surface area contributed by atoms with Gasteiger partial charge in [-0.25, -0.2) is 0 Å². The van der Waals surface area contributed by atoms with Crippen molar-refractivity contribution >= 4 is 21.8 Å². The third kappa shape index (κ3) is 3.07. The molecule has 0 aromatic carbocycles. The van der Waals surface area contributed by atoms with Crippen LogP contribution < -0.4 is 0 Å². The van der Waals surface area contributed by atoms with Crippen LogP contribution in [0.4, 0.5) is 0 Å². The average molecular weight is 372 g/mol. The van der Waals surface area contributed by atoms with Gasteiger partial charge in [-0.1, -0.05) is 13.8 Å². The first-order valence-corrected chi connectivity index (χ1v) is 8.63. The van der Waals surface area contributed by atoms with Gasteiger partial charge in [-0.3, -0.25) is 9.89 Å². The smallest absolute Gasteiger partial charge is 0.275 e. The highest BCUT2D eigenvalue weighted by atomic mass is 79.9. The lowest BCUT2D eigenvalue weighted by Crippen LogP contribution is -2.41. The molecular weight excluding hydrogens is 350 g/mol. The fraction of sp³-hybridized carbons (Fsp3) is 0.733. The van der Waals surface area contributed by atoms with Crippen molar-refractivity contribution in [2.75, 3.05) is 26.3 Å². The summed E-state index contributed by atoms with van der Waals surface area (Å²) in [4.78, 5) is 14.5. The lowest BCUT2D eigenvalue weighted by molar-refractivity contribution is -0.0956. The number of piperidine rings is 1. The first kappa shape index (κ1) is 16.0. The number of aromatic amines is 1. The Morgan fingerprint density at radius 1 is 1.32 bits per heavy atom. The molecule has 0 bridgehead atoms. The molecule has 1 amide bonds. The molecule has 7 heteroatoms. The van der Waals surface area contributed by atoms with E-state index in [4.69, 9.17) is 9.47 Å². The zero-order chi connectivity index (χ0) is 15.7. The van der Waals surface area contributed by atoms with E-state index in [9.17, 15) is 4.79 Å². The molecule has 1 aromatic rings. The second-order valence-corrected chi connectivity index (χ2v) is 6.99. The molecule has 0 spiro atoms. The summed E-state index contributed by atoms with van der Waals surface area (Å²) in [5.74, 6) is 0.674. The Labute approximate surface area is 138 Å². The molecule has 122 valence electrons. The predicted molar refractivity (Wildman–Crippen MR) is 84.7 cm³/mol. The first-order chi connectivity index (χ1) is 10.6. The number of nitrogens with zero attached hydrogens (tertiary/aromatic N) is 2. The summed E-state index contributed by atoms with van der Waals surface area (Å²) in [5.41, 5.74) is 1.45. The summed E-state index contributed by atoms with van der Waals surface area (Å²) >= 11 is 3.50. The maximum atomic E-state index is 12.6. The fourth-order valence-corrected chi connectivity index (χ4v) is 3.84. The molecule has 2 aliphatic heterocycles. The zero-order valence-corrected chi connectivity index (χ0v) is 14.6. The predicted octanol–water partition coefficient (Wildman–Crippen LogP) is 2.52. The van der Waals surface area contributed by atoms with Gasteiger partial charge in [0.1, 0.15) is 0 Å². The lowest BCUT2D eigenvalue weighted by atomic mass is 9.96. The topological polar surface area (TPSA) is 67.5 Å². The molecule has 3 heterocycles. The Morgan fingerprint density at radius 3 is 2.50 bits per heavy atom. The maximum Gasteiger partial charge on any atom is 0.275 e. The Morgan fingerprint density at radius 2 is 1.95 bits per heavy atom. The Balaban J connectivity index is 1.62. The van der Waals surface area contributed by atoms with E-state index in [1.54, 1.807) is 0 Å². The number of nitrogens with one attached hydrogen (secondary N) is 1. The SMILES string of the molecule is CC(C)c1[nH]nc(C(=O)N2CCC(C3OCCO3)CC2)c1Br. The lowest BCUT2D eigenvalue weighted by Gasteiger charge is -2.33. The normalized spacial score (nSPS) is 21.0. The number of aromatic nitrogens is 2. The van der Waals surface area contributed by atoms with E-state index in [-0.39, 0.29) is 12.2 Å². The molecule has 22 heavy (non-hydrogen) atoms. The summed E-state index contributed by atoms with van der Waals surface area (Å²) in [7, 11) is 0. The highest BCUT2D eigenvalue weighted by molar-refractivity contribution is 9.10. The molecular formula is C15H22BrN3O3. The number of amides is 1. The van der Waals surface area contributed by atoms with E-state index in [2.05, 4.69) is 40.0 Å². The van der Waals surface area contributed by atoms with Gasteiger partial charge in [-0.15, -0.1) is 0 Å². The van der Waals surface area contributed by atoms with E-state index < -0.39 is 0 Å². The van der Waals surface area contributed by atoms with Crippen molar-refractivity contribution in [3.8, 4) is 0 Å². The number of carbonyl (C=O) groups is 1. The van der Waals surface area contributed by atoms with E-state index in [1.807, 2.05) is 4.90 Å². The summed E-state index contributed by atoms with van der Waals surface area (Å²) in [6.07, 6.45) is 1.74. The van der Waals surface area contributed by atoms with Crippen LogP contribution in [0.15, 0.2) is 4.47 Å². The molecule has 3 rings (SSSR count). The van der Waals surface area contributed by atoms with Crippen molar-refractivity contribution in [1.29, 1.82) is 0 Å². The molecule has 2 fully saturated rings. The van der Waals surface area contributed by atoms with Crippen LogP contribution in [-0.2, 0) is 9.47 Å². The van der Waals surface area contributed by atoms with E-state index in [0.717, 1.165) is 36.1 Å². The van der Waals surface area contributed by atoms with Gasteiger partial charge in [0.25, 0.3) is 5.91 Å². The third-order valence-electron chi connectivity index (χ3n) is 4.37. The van der Waals surface area contributed by atoms with Crippen molar-refractivity contribution in [3.05, 3.63) is 15.9 Å². The van der Waals surface area contributed by atoms with Gasteiger partial charge >= 0.3 is 0 Å². The largest absolute Gasteiger partial charge is 0.350 e. The molecule has 2 aliphatic rings. The van der Waals surface area contributed by atoms with Crippen LogP contribution in [0, 0.1) is 5.92 Å². The number of rotatable bonds is 3. The number of ether oxygens (including phenoxy) is 2. The van der Waals surface area contributed by atoms with Gasteiger partial charge in [-0.2, -0.15) is 5.10 Å². The number of carbonyl (C=O) groups excluding carboxylic acids is 1. The monoisotopic (exact) mass is 371 g/mol. The summed E-state index contributed by atoms with van der Waals surface area (Å²) in [5, 5.41) is 7.16. The van der Waals surface area contributed by atoms with Gasteiger partial charge in [-0.05, 0) is 34.7 Å². The van der Waals surface area contributed by atoms with Crippen molar-refractivity contribution < 1.29 is 14.3 Å². The van der Waals surface area contributed by atoms with E-state index >= 15 is 0 Å². The van der Waals surface area contributed by atoms with Gasteiger partial charge in [0, 0.05) is 19.0 Å². The van der Waals surface area contributed by atoms with Crippen LogP contribution in [0.25, 0.3) is 0 Å². The van der Waals surface area contributed by atoms with Crippen LogP contribution in [0.2, 0.25) is 0 Å². The second kappa shape index (κ2) is 6.68. The van der Waals surface area contributed by atoms with Gasteiger partial charge in [0.05, 0.1) is 23.4 Å². The highest BCUT2D eigenvalue weighted by Crippen LogP contribution is 2.29. The maximum absolute atomic E-state index is 12.6. The third-order valence-corrected chi connectivity index (χ3v) is 5.17. The number of H-pyrrole nitrogens is 1. The molecule has 0 aliphatic carbocycles. The summed E-state index contributed by atoms with van der Waals surface area (Å²) in [6.45, 7) is 6.95. The number of likely N-dealkylation sites (tertiary alicyclic amines) is 1. The minimum atomic E-state index is -0.0816. The van der Waals surface area contributed by atoms with Crippen LogP contribution in [0.3, 0.4) is 0 Å². The minimum Gasteiger partial charge on any atom is -0.350 e. The molecule has 0 unspecified atom stereocenters. The van der Waals surface area contributed by atoms with Crippen LogP contribution in [-0.4, -0.2) is 53.6 Å². The molecule has 1 N–H and O–H groups in total. The van der Waals surface area contributed by atoms with Crippen molar-refractivity contribution in [2.45, 2.75) is 38.9 Å². The quantitative estimate of drug-likeness (QED) is 0.886. The highest BCUT2D eigenvalue weighted by Gasteiger charge is 2.33. The second-order valence-electron chi connectivity index (χ2n) is 6.19. The first-order valence-electron chi connectivity index (χ1n) is 7.84. The van der Waals surface area contributed by atoms with Crippen molar-refractivity contribution in [3.63, 3.8) is 0 Å². The molecule has 0 radical (unpaired) electrons. The fourth-order valence-electron chi connectivity index (χ4n) is 3.04. The van der Waals surface area contributed by atoms with E-state index in [1.165, 1.54) is 0 Å². The average Bonchev–Trinajstić information content (AvgIpc) is 3.16. The van der Waals surface area contributed by atoms with Gasteiger partial charge in [0.15, 0.2) is 12.0 Å². The Bertz CT molecular complexity index is 532. The zero-order valence-electron chi connectivity index (χ0n) is 13.0. The molecule has 0 atom stereocenters. The van der Waals surface area contributed by atoms with Gasteiger partial charge < -0.3 is 14.4 Å². The summed E-state index contributed by atoms with van der Waals surface area (Å²) in [6, 6.07) is 0. The van der Waals surface area contributed by atoms with Crippen molar-refractivity contribution in [1.82, 2.24) is 15.1 Å². The standard InChI is InChI=1S/C15H22BrN3O3/c1-9(2)12-11(16)13(18-17-12)14(20)19-5-3-10(4-6-19)15-21-7-8-22-15/h9-10,15H,3-8H2,1-2H3,(H,17,18). The number of hydrogen-bond donors (Lipinski definition) is 1. The Hall–Kier alpha value is -0.920. The Kier molecular flexibility index (Phi) is 4.84. The molecule has 1 aromatic heterocycles. The number of hydrogen-bond acceptors (Lipinski definition) is 4. The van der Waals surface area contributed by atoms with Gasteiger partial charge in [0.2, 0.25) is 0 Å². The molecule has 2 saturated heterocycles. The van der Waals surface area contributed by atoms with Crippen LogP contribution in [0.1, 0.15) is 48.8 Å². The van der Waals surface area contributed by atoms with Crippen LogP contribution >= 0.6 is 15.9 Å².